The molecule has 72 heavy (non-hydrogen) atoms. The lowest BCUT2D eigenvalue weighted by Crippen LogP contribution is -2.21. The molecule has 6 rings (SSSR count). The molecule has 0 bridgehead atoms. The van der Waals surface area contributed by atoms with Gasteiger partial charge in [-0.1, -0.05) is 72.7 Å². The van der Waals surface area contributed by atoms with E-state index >= 15 is 0 Å². The molecule has 17 nitrogen and oxygen atoms in total. The summed E-state index contributed by atoms with van der Waals surface area (Å²) in [6.45, 7) is 19.5. The zero-order chi connectivity index (χ0) is 53.8. The molecule has 0 aliphatic heterocycles. The maximum absolute atomic E-state index is 12.0. The fourth-order valence-electron chi connectivity index (χ4n) is 5.96. The van der Waals surface area contributed by atoms with Crippen molar-refractivity contribution in [2.45, 2.75) is 100 Å². The van der Waals surface area contributed by atoms with Crippen LogP contribution in [-0.2, 0) is 36.6 Å². The molecule has 4 aromatic heterocycles. The summed E-state index contributed by atoms with van der Waals surface area (Å²) in [6.07, 6.45) is 12.8. The van der Waals surface area contributed by atoms with Crippen LogP contribution in [0.25, 0.3) is 21.8 Å². The maximum Gasteiger partial charge on any atom is 0.264 e. The Hall–Kier alpha value is -5.57. The highest BCUT2D eigenvalue weighted by Gasteiger charge is 2.09. The van der Waals surface area contributed by atoms with Gasteiger partial charge in [-0.3, -0.25) is 23.7 Å². The van der Waals surface area contributed by atoms with Crippen molar-refractivity contribution in [1.29, 1.82) is 0 Å². The Morgan fingerprint density at radius 3 is 1.28 bits per heavy atom. The standard InChI is InChI=1S/C21H23NO7S.C20H21NO5.C6H15N.2C2H6.CH3ClO2S/c1-30(24,25)29-14-16-13-19(23)21(15-28-16)27-12-6-2-5-11-26-20-9-10-22-18-8-4-3-7-17(18)20;22-13-15-12-18(23)20(14-26-15)25-11-5-1-4-10-24-19-8-9-21-17-7-3-2-6-16(17)19;1-4-7(5-2)6-3;2*1-2;1-5(2,3)4/h3-4,7-10,13,15H,2,5-6,11-12,14H2,1H3;2-3,6-9,12,14,22H,1,4-5,10-11,13H2;4-6H2,1-3H3;2*1-2H3;1H3. The Labute approximate surface area is 430 Å². The lowest BCUT2D eigenvalue weighted by atomic mass is 10.2. The second-order valence-corrected chi connectivity index (χ2v) is 19.4. The molecule has 0 saturated carbocycles. The molecule has 4 heterocycles. The van der Waals surface area contributed by atoms with Gasteiger partial charge in [0.1, 0.15) is 48.8 Å². The lowest BCUT2D eigenvalue weighted by molar-refractivity contribution is 0.235. The minimum atomic E-state index is -3.61. The summed E-state index contributed by atoms with van der Waals surface area (Å²) < 4.78 is 78.1. The summed E-state index contributed by atoms with van der Waals surface area (Å²) in [7, 11) is -2.30. The van der Waals surface area contributed by atoms with Crippen LogP contribution in [0.1, 0.15) is 98.5 Å². The van der Waals surface area contributed by atoms with Gasteiger partial charge >= 0.3 is 0 Å². The summed E-state index contributed by atoms with van der Waals surface area (Å²) in [6, 6.07) is 21.8. The third-order valence-corrected chi connectivity index (χ3v) is 9.99. The first kappa shape index (κ1) is 64.4. The smallest absolute Gasteiger partial charge is 0.264 e. The zero-order valence-electron chi connectivity index (χ0n) is 43.1. The number of aliphatic hydroxyl groups is 1. The van der Waals surface area contributed by atoms with Gasteiger partial charge in [-0.15, -0.1) is 0 Å². The van der Waals surface area contributed by atoms with Gasteiger partial charge in [0.15, 0.2) is 0 Å². The molecule has 0 unspecified atom stereocenters. The SMILES string of the molecule is CC.CC.CCN(CC)CC.CS(=O)(=O)Cl.CS(=O)(=O)OCc1cc(=O)c(OCCCCCOc2ccnc3ccccc23)co1.O=c1cc(CO)occ1OCCCCCOc1ccnc2ccccc12. The third kappa shape index (κ3) is 27.9. The Morgan fingerprint density at radius 2 is 0.931 bits per heavy atom. The van der Waals surface area contributed by atoms with Crippen molar-refractivity contribution in [3.05, 3.63) is 130 Å². The molecule has 0 atom stereocenters. The quantitative estimate of drug-likeness (QED) is 0.0358. The van der Waals surface area contributed by atoms with Gasteiger partial charge in [0.2, 0.25) is 31.4 Å². The first-order valence-electron chi connectivity index (χ1n) is 24.0. The Kier molecular flexibility index (Phi) is 33.3. The highest BCUT2D eigenvalue weighted by molar-refractivity contribution is 8.13. The highest BCUT2D eigenvalue weighted by atomic mass is 35.7. The number of halogens is 1. The molecule has 0 fully saturated rings. The van der Waals surface area contributed by atoms with Crippen LogP contribution in [0.15, 0.2) is 116 Å². The lowest BCUT2D eigenvalue weighted by Gasteiger charge is -2.13. The first-order valence-corrected chi connectivity index (χ1v) is 28.6. The van der Waals surface area contributed by atoms with Gasteiger partial charge in [-0.25, -0.2) is 8.42 Å². The van der Waals surface area contributed by atoms with E-state index in [0.717, 1.165) is 90.4 Å². The molecule has 0 aliphatic carbocycles. The minimum absolute atomic E-state index is 0.0811. The van der Waals surface area contributed by atoms with E-state index in [1.54, 1.807) is 12.4 Å². The van der Waals surface area contributed by atoms with E-state index in [1.807, 2.05) is 88.4 Å². The third-order valence-electron chi connectivity index (χ3n) is 9.44. The first-order chi connectivity index (χ1) is 34.5. The van der Waals surface area contributed by atoms with E-state index in [9.17, 15) is 26.4 Å². The fraction of sp³-hybridized carbons (Fsp3) is 0.462. The number of pyridine rings is 2. The number of hydrogen-bond acceptors (Lipinski definition) is 17. The number of fused-ring (bicyclic) bond motifs is 2. The van der Waals surface area contributed by atoms with Crippen LogP contribution in [0.5, 0.6) is 23.0 Å². The molecule has 20 heteroatoms. The second-order valence-electron chi connectivity index (χ2n) is 14.7. The normalized spacial score (nSPS) is 10.7. The molecule has 2 aromatic carbocycles. The van der Waals surface area contributed by atoms with Gasteiger partial charge < -0.3 is 37.8 Å². The monoisotopic (exact) mass is 1060 g/mol. The average molecular weight is 1060 g/mol. The van der Waals surface area contributed by atoms with Gasteiger partial charge in [-0.2, -0.15) is 8.42 Å². The van der Waals surface area contributed by atoms with Crippen LogP contribution >= 0.6 is 10.7 Å². The zero-order valence-corrected chi connectivity index (χ0v) is 45.5. The van der Waals surface area contributed by atoms with E-state index in [1.165, 1.54) is 38.2 Å². The van der Waals surface area contributed by atoms with Crippen molar-refractivity contribution in [3.8, 4) is 23.0 Å². The number of aromatic nitrogens is 2. The van der Waals surface area contributed by atoms with Crippen molar-refractivity contribution in [1.82, 2.24) is 14.9 Å². The fourth-order valence-corrected chi connectivity index (χ4v) is 6.29. The molecule has 0 aliphatic rings. The Bertz CT molecular complexity index is 2730. The van der Waals surface area contributed by atoms with Gasteiger partial charge in [0, 0.05) is 46.0 Å². The van der Waals surface area contributed by atoms with Crippen molar-refractivity contribution in [2.75, 3.05) is 58.6 Å². The van der Waals surface area contributed by atoms with E-state index in [4.69, 9.17) is 32.9 Å². The summed E-state index contributed by atoms with van der Waals surface area (Å²) in [5.74, 6) is 2.24. The topological polar surface area (TPSA) is 224 Å². The predicted molar refractivity (Wildman–Crippen MR) is 286 cm³/mol. The molecular formula is C52H74ClN3O14S2. The van der Waals surface area contributed by atoms with Crippen LogP contribution < -0.4 is 29.8 Å². The number of para-hydroxylation sites is 2. The molecule has 6 aromatic rings. The van der Waals surface area contributed by atoms with E-state index in [2.05, 4.69) is 50.5 Å². The van der Waals surface area contributed by atoms with Crippen molar-refractivity contribution >= 4 is 51.7 Å². The number of aliphatic hydroxyl groups excluding tert-OH is 1. The van der Waals surface area contributed by atoms with E-state index in [-0.39, 0.29) is 47.1 Å². The van der Waals surface area contributed by atoms with Crippen LogP contribution in [-0.4, -0.2) is 95.4 Å². The number of hydrogen-bond donors (Lipinski definition) is 1. The Morgan fingerprint density at radius 1 is 0.569 bits per heavy atom. The summed E-state index contributed by atoms with van der Waals surface area (Å²) in [5.41, 5.74) is 1.15. The molecule has 0 radical (unpaired) electrons. The maximum atomic E-state index is 12.0. The minimum Gasteiger partial charge on any atom is -0.493 e. The number of nitrogens with zero attached hydrogens (tertiary/aromatic N) is 3. The predicted octanol–water partition coefficient (Wildman–Crippen LogP) is 10.2. The van der Waals surface area contributed by atoms with E-state index in [0.29, 0.717) is 26.4 Å². The molecular weight excluding hydrogens is 990 g/mol. The summed E-state index contributed by atoms with van der Waals surface area (Å²) in [4.78, 5) is 34.7. The van der Waals surface area contributed by atoms with Crippen LogP contribution in [0.4, 0.5) is 0 Å². The van der Waals surface area contributed by atoms with Gasteiger partial charge in [0.05, 0.1) is 50.0 Å². The number of ether oxygens (including phenoxy) is 4. The van der Waals surface area contributed by atoms with Gasteiger partial charge in [-0.05, 0) is 94.6 Å². The molecule has 400 valence electrons. The molecule has 0 spiro atoms. The van der Waals surface area contributed by atoms with Crippen LogP contribution in [0, 0.1) is 0 Å². The number of unbranched alkanes of at least 4 members (excludes halogenated alkanes) is 4. The summed E-state index contributed by atoms with van der Waals surface area (Å²) >= 11 is 0. The summed E-state index contributed by atoms with van der Waals surface area (Å²) in [5, 5.41) is 10.9. The largest absolute Gasteiger partial charge is 0.493 e. The molecule has 0 amide bonds. The molecule has 0 saturated heterocycles. The van der Waals surface area contributed by atoms with Crippen LogP contribution in [0.2, 0.25) is 0 Å². The highest BCUT2D eigenvalue weighted by Crippen LogP contribution is 2.25. The van der Waals surface area contributed by atoms with Crippen molar-refractivity contribution < 1.29 is 53.9 Å². The van der Waals surface area contributed by atoms with E-state index < -0.39 is 19.2 Å². The molecule has 1 N–H and O–H groups in total. The average Bonchev–Trinajstić information content (AvgIpc) is 3.37. The van der Waals surface area contributed by atoms with Crippen molar-refractivity contribution in [3.63, 3.8) is 0 Å². The van der Waals surface area contributed by atoms with Crippen molar-refractivity contribution in [2.24, 2.45) is 0 Å². The number of benzene rings is 2. The second kappa shape index (κ2) is 37.2. The van der Waals surface area contributed by atoms with Crippen LogP contribution in [0.3, 0.4) is 0 Å². The Balaban J connectivity index is 0.000000558. The van der Waals surface area contributed by atoms with Gasteiger partial charge in [0.25, 0.3) is 10.1 Å². The number of rotatable bonds is 23.